The topological polar surface area (TPSA) is 39.2 Å². The molecule has 0 radical (unpaired) electrons. The Hall–Kier alpha value is -1.11. The number of aromatic nitrogens is 1. The van der Waals surface area contributed by atoms with E-state index in [-0.39, 0.29) is 10.9 Å². The maximum atomic E-state index is 12.9. The van der Waals surface area contributed by atoms with Gasteiger partial charge in [0.2, 0.25) is 6.10 Å². The fourth-order valence-electron chi connectivity index (χ4n) is 1.61. The van der Waals surface area contributed by atoms with Crippen LogP contribution < -0.4 is 0 Å². The fourth-order valence-corrected chi connectivity index (χ4v) is 2.45. The Labute approximate surface area is 106 Å². The number of aryl methyl sites for hydroxylation is 1. The number of carbonyl (C=O) groups excluding carboxylic acids is 1. The number of nitrogens with zero attached hydrogens (tertiary/aromatic N) is 1. The summed E-state index contributed by atoms with van der Waals surface area (Å²) in [6, 6.07) is 0. The van der Waals surface area contributed by atoms with Gasteiger partial charge in [-0.25, -0.2) is 4.98 Å². The van der Waals surface area contributed by atoms with E-state index in [4.69, 9.17) is 0 Å². The highest BCUT2D eigenvalue weighted by Crippen LogP contribution is 2.39. The van der Waals surface area contributed by atoms with Gasteiger partial charge in [0.15, 0.2) is 0 Å². The van der Waals surface area contributed by atoms with Crippen LogP contribution in [0.4, 0.5) is 13.2 Å². The van der Waals surface area contributed by atoms with Crippen molar-refractivity contribution in [2.45, 2.75) is 38.5 Å². The van der Waals surface area contributed by atoms with E-state index in [2.05, 4.69) is 9.72 Å². The van der Waals surface area contributed by atoms with Gasteiger partial charge in [0.25, 0.3) is 0 Å². The van der Waals surface area contributed by atoms with E-state index in [1.165, 1.54) is 5.38 Å². The summed E-state index contributed by atoms with van der Waals surface area (Å²) in [4.78, 5) is 15.3. The van der Waals surface area contributed by atoms with Crippen molar-refractivity contribution < 1.29 is 22.7 Å². The Morgan fingerprint density at radius 2 is 2.22 bits per heavy atom. The number of hydrogen-bond acceptors (Lipinski definition) is 4. The van der Waals surface area contributed by atoms with Crippen molar-refractivity contribution in [3.8, 4) is 0 Å². The summed E-state index contributed by atoms with van der Waals surface area (Å²) in [6.45, 7) is 1.60. The molecular weight excluding hydrogens is 267 g/mol. The van der Waals surface area contributed by atoms with Gasteiger partial charge in [0.05, 0.1) is 5.92 Å². The standard InChI is InChI=1S/C11H12F3NO2S/c1-6-5-18-9(15-6)8(11(12,13)14)17-10(16)7-3-2-4-7/h5,7-8H,2-4H2,1H3/t8-/m1/s1. The monoisotopic (exact) mass is 279 g/mol. The Morgan fingerprint density at radius 1 is 1.56 bits per heavy atom. The summed E-state index contributed by atoms with van der Waals surface area (Å²) >= 11 is 0.856. The molecule has 1 heterocycles. The molecule has 0 spiro atoms. The molecule has 7 heteroatoms. The van der Waals surface area contributed by atoms with E-state index >= 15 is 0 Å². The molecule has 1 aromatic heterocycles. The normalized spacial score (nSPS) is 18.2. The maximum Gasteiger partial charge on any atom is 0.432 e. The Balaban J connectivity index is 2.13. The molecule has 0 bridgehead atoms. The van der Waals surface area contributed by atoms with Crippen molar-refractivity contribution in [2.75, 3.05) is 0 Å². The van der Waals surface area contributed by atoms with Gasteiger partial charge in [-0.2, -0.15) is 13.2 Å². The van der Waals surface area contributed by atoms with Crippen molar-refractivity contribution in [3.05, 3.63) is 16.1 Å². The number of ether oxygens (including phenoxy) is 1. The highest BCUT2D eigenvalue weighted by atomic mass is 32.1. The molecule has 0 saturated heterocycles. The van der Waals surface area contributed by atoms with E-state index in [1.54, 1.807) is 6.92 Å². The summed E-state index contributed by atoms with van der Waals surface area (Å²) in [5, 5.41) is 1.29. The summed E-state index contributed by atoms with van der Waals surface area (Å²) < 4.78 is 43.2. The zero-order chi connectivity index (χ0) is 13.3. The van der Waals surface area contributed by atoms with Crippen LogP contribution in [-0.2, 0) is 9.53 Å². The molecule has 0 aliphatic heterocycles. The first kappa shape index (κ1) is 13.3. The lowest BCUT2D eigenvalue weighted by Gasteiger charge is -2.26. The average molecular weight is 279 g/mol. The Morgan fingerprint density at radius 3 is 2.61 bits per heavy atom. The molecule has 1 aliphatic carbocycles. The van der Waals surface area contributed by atoms with Crippen LogP contribution in [0.15, 0.2) is 5.38 Å². The van der Waals surface area contributed by atoms with Gasteiger partial charge in [-0.1, -0.05) is 6.42 Å². The predicted molar refractivity (Wildman–Crippen MR) is 59.1 cm³/mol. The van der Waals surface area contributed by atoms with Gasteiger partial charge < -0.3 is 4.74 Å². The van der Waals surface area contributed by atoms with Gasteiger partial charge in [0.1, 0.15) is 5.01 Å². The van der Waals surface area contributed by atoms with Crippen LogP contribution in [-0.4, -0.2) is 17.1 Å². The molecule has 2 rings (SSSR count). The molecule has 0 aromatic carbocycles. The largest absolute Gasteiger partial charge is 0.445 e. The highest BCUT2D eigenvalue weighted by molar-refractivity contribution is 7.09. The smallest absolute Gasteiger partial charge is 0.432 e. The Bertz CT molecular complexity index is 440. The van der Waals surface area contributed by atoms with Gasteiger partial charge in [-0.15, -0.1) is 11.3 Å². The first-order valence-corrected chi connectivity index (χ1v) is 6.45. The minimum Gasteiger partial charge on any atom is -0.445 e. The van der Waals surface area contributed by atoms with Crippen LogP contribution >= 0.6 is 11.3 Å². The zero-order valence-electron chi connectivity index (χ0n) is 9.66. The van der Waals surface area contributed by atoms with Gasteiger partial charge in [-0.3, -0.25) is 4.79 Å². The second kappa shape index (κ2) is 4.87. The molecule has 1 saturated carbocycles. The first-order chi connectivity index (χ1) is 8.38. The number of halogens is 3. The number of carbonyl (C=O) groups is 1. The minimum atomic E-state index is -4.62. The number of thiazole rings is 1. The van der Waals surface area contributed by atoms with Crippen LogP contribution in [0.1, 0.15) is 36.1 Å². The van der Waals surface area contributed by atoms with Crippen molar-refractivity contribution in [1.82, 2.24) is 4.98 Å². The SMILES string of the molecule is Cc1csc([C@@H](OC(=O)C2CCC2)C(F)(F)F)n1. The summed E-state index contributed by atoms with van der Waals surface area (Å²) in [5.74, 6) is -1.15. The van der Waals surface area contributed by atoms with Gasteiger partial charge in [-0.05, 0) is 19.8 Å². The summed E-state index contributed by atoms with van der Waals surface area (Å²) in [6.07, 6.45) is -4.76. The predicted octanol–water partition coefficient (Wildman–Crippen LogP) is 3.40. The third-order valence-corrected chi connectivity index (χ3v) is 3.84. The van der Waals surface area contributed by atoms with E-state index in [0.717, 1.165) is 17.8 Å². The molecule has 100 valence electrons. The van der Waals surface area contributed by atoms with Crippen LogP contribution in [0.2, 0.25) is 0 Å². The van der Waals surface area contributed by atoms with Crippen molar-refractivity contribution in [3.63, 3.8) is 0 Å². The summed E-state index contributed by atoms with van der Waals surface area (Å²) in [7, 11) is 0. The molecule has 0 N–H and O–H groups in total. The highest BCUT2D eigenvalue weighted by Gasteiger charge is 2.47. The molecule has 3 nitrogen and oxygen atoms in total. The molecule has 0 unspecified atom stereocenters. The lowest BCUT2D eigenvalue weighted by molar-refractivity contribution is -0.227. The fraction of sp³-hybridized carbons (Fsp3) is 0.636. The second-order valence-electron chi connectivity index (χ2n) is 4.31. The maximum absolute atomic E-state index is 12.9. The van der Waals surface area contributed by atoms with E-state index in [0.29, 0.717) is 18.5 Å². The molecule has 0 amide bonds. The number of rotatable bonds is 3. The molecule has 18 heavy (non-hydrogen) atoms. The van der Waals surface area contributed by atoms with E-state index < -0.39 is 18.2 Å². The molecule has 1 aliphatic rings. The number of alkyl halides is 3. The minimum absolute atomic E-state index is 0.215. The first-order valence-electron chi connectivity index (χ1n) is 5.57. The quantitative estimate of drug-likeness (QED) is 0.796. The molecule has 1 aromatic rings. The lowest BCUT2D eigenvalue weighted by atomic mass is 9.86. The molecular formula is C11H12F3NO2S. The summed E-state index contributed by atoms with van der Waals surface area (Å²) in [5.41, 5.74) is 0.490. The number of esters is 1. The Kier molecular flexibility index (Phi) is 3.61. The van der Waals surface area contributed by atoms with Crippen LogP contribution in [0.25, 0.3) is 0 Å². The van der Waals surface area contributed by atoms with Crippen molar-refractivity contribution in [1.29, 1.82) is 0 Å². The van der Waals surface area contributed by atoms with E-state index in [1.807, 2.05) is 0 Å². The van der Waals surface area contributed by atoms with E-state index in [9.17, 15) is 18.0 Å². The zero-order valence-corrected chi connectivity index (χ0v) is 10.5. The van der Waals surface area contributed by atoms with Crippen LogP contribution in [0, 0.1) is 12.8 Å². The lowest BCUT2D eigenvalue weighted by Crippen LogP contribution is -2.31. The molecule has 1 fully saturated rings. The third-order valence-electron chi connectivity index (χ3n) is 2.83. The van der Waals surface area contributed by atoms with Crippen molar-refractivity contribution >= 4 is 17.3 Å². The average Bonchev–Trinajstić information content (AvgIpc) is 2.56. The second-order valence-corrected chi connectivity index (χ2v) is 5.20. The molecule has 1 atom stereocenters. The van der Waals surface area contributed by atoms with Crippen molar-refractivity contribution in [2.24, 2.45) is 5.92 Å². The van der Waals surface area contributed by atoms with Gasteiger partial charge in [0, 0.05) is 11.1 Å². The van der Waals surface area contributed by atoms with Crippen LogP contribution in [0.3, 0.4) is 0 Å². The third kappa shape index (κ3) is 2.82. The number of hydrogen-bond donors (Lipinski definition) is 0. The van der Waals surface area contributed by atoms with Crippen LogP contribution in [0.5, 0.6) is 0 Å². The van der Waals surface area contributed by atoms with Gasteiger partial charge >= 0.3 is 12.1 Å².